The number of carbonyl (C=O) groups is 3. The molecule has 23 heavy (non-hydrogen) atoms. The number of hydrogen-bond acceptors (Lipinski definition) is 4. The lowest BCUT2D eigenvalue weighted by atomic mass is 10.2. The molecule has 1 saturated heterocycles. The summed E-state index contributed by atoms with van der Waals surface area (Å²) >= 11 is 0. The molecule has 1 aromatic rings. The first-order valence-corrected chi connectivity index (χ1v) is 7.66. The fourth-order valence-corrected chi connectivity index (χ4v) is 2.42. The van der Waals surface area contributed by atoms with E-state index < -0.39 is 0 Å². The van der Waals surface area contributed by atoms with Crippen LogP contribution in [0.2, 0.25) is 0 Å². The Morgan fingerprint density at radius 1 is 1.04 bits per heavy atom. The molecule has 1 fully saturated rings. The molecule has 7 heteroatoms. The van der Waals surface area contributed by atoms with Crippen LogP contribution in [0, 0.1) is 0 Å². The first-order valence-electron chi connectivity index (χ1n) is 7.66. The lowest BCUT2D eigenvalue weighted by Gasteiger charge is -2.32. The maximum absolute atomic E-state index is 12.0. The maximum Gasteiger partial charge on any atom is 0.225 e. The molecule has 1 aromatic carbocycles. The van der Waals surface area contributed by atoms with E-state index in [-0.39, 0.29) is 11.8 Å². The van der Waals surface area contributed by atoms with E-state index in [1.807, 2.05) is 0 Å². The van der Waals surface area contributed by atoms with E-state index in [0.717, 1.165) is 32.6 Å². The van der Waals surface area contributed by atoms with Crippen molar-refractivity contribution in [3.8, 4) is 0 Å². The van der Waals surface area contributed by atoms with Crippen LogP contribution in [0.1, 0.15) is 13.3 Å². The van der Waals surface area contributed by atoms with Crippen molar-refractivity contribution < 1.29 is 14.4 Å². The first kappa shape index (κ1) is 17.0. The lowest BCUT2D eigenvalue weighted by molar-refractivity contribution is -0.120. The summed E-state index contributed by atoms with van der Waals surface area (Å²) in [6, 6.07) is 7.00. The minimum absolute atomic E-state index is 0.0462. The third-order valence-corrected chi connectivity index (χ3v) is 3.70. The van der Waals surface area contributed by atoms with Crippen molar-refractivity contribution in [2.24, 2.45) is 0 Å². The summed E-state index contributed by atoms with van der Waals surface area (Å²) < 4.78 is 0. The second-order valence-corrected chi connectivity index (χ2v) is 5.54. The number of piperazine rings is 1. The minimum atomic E-state index is -0.128. The van der Waals surface area contributed by atoms with Crippen LogP contribution in [0.5, 0.6) is 0 Å². The zero-order chi connectivity index (χ0) is 16.7. The molecule has 2 rings (SSSR count). The molecule has 0 aromatic heterocycles. The Morgan fingerprint density at radius 2 is 1.61 bits per heavy atom. The summed E-state index contributed by atoms with van der Waals surface area (Å²) in [7, 11) is 0. The number of nitrogens with one attached hydrogen (secondary N) is 2. The molecule has 0 spiro atoms. The topological polar surface area (TPSA) is 81.8 Å². The Hall–Kier alpha value is -2.41. The first-order chi connectivity index (χ1) is 11.1. The van der Waals surface area contributed by atoms with Crippen LogP contribution in [0.3, 0.4) is 0 Å². The molecule has 0 bridgehead atoms. The van der Waals surface area contributed by atoms with Crippen LogP contribution < -0.4 is 10.6 Å². The van der Waals surface area contributed by atoms with Gasteiger partial charge < -0.3 is 15.5 Å². The number of amides is 3. The average molecular weight is 318 g/mol. The van der Waals surface area contributed by atoms with Crippen molar-refractivity contribution in [1.29, 1.82) is 0 Å². The molecule has 0 unspecified atom stereocenters. The van der Waals surface area contributed by atoms with Crippen molar-refractivity contribution in [2.75, 3.05) is 43.4 Å². The van der Waals surface area contributed by atoms with E-state index in [2.05, 4.69) is 15.5 Å². The molecular formula is C16H22N4O3. The van der Waals surface area contributed by atoms with Crippen LogP contribution in [-0.2, 0) is 14.4 Å². The molecule has 7 nitrogen and oxygen atoms in total. The fraction of sp³-hybridized carbons (Fsp3) is 0.438. The van der Waals surface area contributed by atoms with Gasteiger partial charge in [0.2, 0.25) is 18.2 Å². The molecule has 0 radical (unpaired) electrons. The van der Waals surface area contributed by atoms with Gasteiger partial charge in [0.25, 0.3) is 0 Å². The van der Waals surface area contributed by atoms with Crippen molar-refractivity contribution >= 4 is 29.6 Å². The molecule has 0 aliphatic carbocycles. The highest BCUT2D eigenvalue weighted by atomic mass is 16.2. The van der Waals surface area contributed by atoms with Gasteiger partial charge in [-0.05, 0) is 24.3 Å². The zero-order valence-corrected chi connectivity index (χ0v) is 13.2. The van der Waals surface area contributed by atoms with Gasteiger partial charge in [0.1, 0.15) is 0 Å². The van der Waals surface area contributed by atoms with Crippen molar-refractivity contribution in [3.63, 3.8) is 0 Å². The maximum atomic E-state index is 12.0. The van der Waals surface area contributed by atoms with Gasteiger partial charge in [0.15, 0.2) is 0 Å². The van der Waals surface area contributed by atoms with Crippen LogP contribution in [0.15, 0.2) is 24.3 Å². The fourth-order valence-electron chi connectivity index (χ4n) is 2.42. The summed E-state index contributed by atoms with van der Waals surface area (Å²) in [5, 5.41) is 5.51. The van der Waals surface area contributed by atoms with Gasteiger partial charge in [-0.1, -0.05) is 0 Å². The number of nitrogens with zero attached hydrogens (tertiary/aromatic N) is 2. The average Bonchev–Trinajstić information content (AvgIpc) is 2.55. The van der Waals surface area contributed by atoms with E-state index in [0.29, 0.717) is 24.3 Å². The summed E-state index contributed by atoms with van der Waals surface area (Å²) in [5.74, 6) is -0.174. The molecule has 1 heterocycles. The normalized spacial score (nSPS) is 15.1. The SMILES string of the molecule is CC(=O)Nc1ccc(NC(=O)CCN2CCN(C=O)CC2)cc1. The largest absolute Gasteiger partial charge is 0.343 e. The smallest absolute Gasteiger partial charge is 0.225 e. The van der Waals surface area contributed by atoms with Gasteiger partial charge in [0, 0.05) is 57.4 Å². The molecule has 1 aliphatic rings. The standard InChI is InChI=1S/C16H22N4O3/c1-13(22)17-14-2-4-15(5-3-14)18-16(23)6-7-19-8-10-20(12-21)11-9-19/h2-5,12H,6-11H2,1H3,(H,17,22)(H,18,23). The quantitative estimate of drug-likeness (QED) is 0.758. The van der Waals surface area contributed by atoms with Crippen LogP contribution in [0.25, 0.3) is 0 Å². The summed E-state index contributed by atoms with van der Waals surface area (Å²) in [6.45, 7) is 5.17. The van der Waals surface area contributed by atoms with Gasteiger partial charge >= 0.3 is 0 Å². The Kier molecular flexibility index (Phi) is 6.10. The Balaban J connectivity index is 1.72. The van der Waals surface area contributed by atoms with Gasteiger partial charge in [-0.3, -0.25) is 19.3 Å². The van der Waals surface area contributed by atoms with Crippen molar-refractivity contribution in [1.82, 2.24) is 9.80 Å². The molecule has 0 atom stereocenters. The highest BCUT2D eigenvalue weighted by Gasteiger charge is 2.15. The van der Waals surface area contributed by atoms with E-state index in [4.69, 9.17) is 0 Å². The van der Waals surface area contributed by atoms with Gasteiger partial charge in [-0.15, -0.1) is 0 Å². The van der Waals surface area contributed by atoms with Gasteiger partial charge in [-0.2, -0.15) is 0 Å². The second-order valence-electron chi connectivity index (χ2n) is 5.54. The monoisotopic (exact) mass is 318 g/mol. The number of hydrogen-bond donors (Lipinski definition) is 2. The number of carbonyl (C=O) groups excluding carboxylic acids is 3. The van der Waals surface area contributed by atoms with Crippen LogP contribution in [-0.4, -0.2) is 60.7 Å². The highest BCUT2D eigenvalue weighted by molar-refractivity contribution is 5.92. The van der Waals surface area contributed by atoms with Gasteiger partial charge in [-0.25, -0.2) is 0 Å². The number of benzene rings is 1. The van der Waals surface area contributed by atoms with Crippen molar-refractivity contribution in [3.05, 3.63) is 24.3 Å². The van der Waals surface area contributed by atoms with Gasteiger partial charge in [0.05, 0.1) is 0 Å². The van der Waals surface area contributed by atoms with E-state index in [1.54, 1.807) is 29.2 Å². The molecular weight excluding hydrogens is 296 g/mol. The summed E-state index contributed by atoms with van der Waals surface area (Å²) in [5.41, 5.74) is 1.40. The molecule has 3 amide bonds. The van der Waals surface area contributed by atoms with Crippen molar-refractivity contribution in [2.45, 2.75) is 13.3 Å². The Morgan fingerprint density at radius 3 is 2.13 bits per heavy atom. The summed E-state index contributed by atoms with van der Waals surface area (Å²) in [4.78, 5) is 37.5. The zero-order valence-electron chi connectivity index (χ0n) is 13.2. The second kappa shape index (κ2) is 8.28. The lowest BCUT2D eigenvalue weighted by Crippen LogP contribution is -2.46. The predicted octanol–water partition coefficient (Wildman–Crippen LogP) is 0.748. The van der Waals surface area contributed by atoms with E-state index >= 15 is 0 Å². The third-order valence-electron chi connectivity index (χ3n) is 3.70. The molecule has 2 N–H and O–H groups in total. The third kappa shape index (κ3) is 5.71. The minimum Gasteiger partial charge on any atom is -0.343 e. The Bertz CT molecular complexity index is 551. The van der Waals surface area contributed by atoms with E-state index in [1.165, 1.54) is 6.92 Å². The molecule has 1 aliphatic heterocycles. The van der Waals surface area contributed by atoms with Crippen LogP contribution >= 0.6 is 0 Å². The Labute approximate surface area is 135 Å². The molecule has 0 saturated carbocycles. The predicted molar refractivity (Wildman–Crippen MR) is 88.1 cm³/mol. The van der Waals surface area contributed by atoms with Crippen LogP contribution in [0.4, 0.5) is 11.4 Å². The molecule has 124 valence electrons. The highest BCUT2D eigenvalue weighted by Crippen LogP contribution is 2.13. The number of anilines is 2. The number of rotatable bonds is 6. The summed E-state index contributed by atoms with van der Waals surface area (Å²) in [6.07, 6.45) is 1.28. The van der Waals surface area contributed by atoms with E-state index in [9.17, 15) is 14.4 Å².